The van der Waals surface area contributed by atoms with E-state index in [1.165, 1.54) is 44.3 Å². The van der Waals surface area contributed by atoms with Gasteiger partial charge in [-0.3, -0.25) is 4.90 Å². The van der Waals surface area contributed by atoms with E-state index in [9.17, 15) is 0 Å². The molecule has 1 rings (SSSR count). The van der Waals surface area contributed by atoms with E-state index in [4.69, 9.17) is 5.73 Å². The first kappa shape index (κ1) is 14.0. The van der Waals surface area contributed by atoms with Crippen LogP contribution in [0.15, 0.2) is 18.3 Å². The summed E-state index contributed by atoms with van der Waals surface area (Å²) in [5.41, 5.74) is 6.97. The van der Waals surface area contributed by atoms with Gasteiger partial charge in [-0.05, 0) is 43.6 Å². The van der Waals surface area contributed by atoms with Crippen molar-refractivity contribution in [3.63, 3.8) is 0 Å². The molecular weight excluding hydrogens is 210 g/mol. The molecule has 3 nitrogen and oxygen atoms in total. The third-order valence-electron chi connectivity index (χ3n) is 2.91. The summed E-state index contributed by atoms with van der Waals surface area (Å²) in [6.45, 7) is 7.83. The maximum Gasteiger partial charge on any atom is 0.123 e. The van der Waals surface area contributed by atoms with Crippen LogP contribution in [0.2, 0.25) is 0 Å². The summed E-state index contributed by atoms with van der Waals surface area (Å²) in [6.07, 6.45) is 6.83. The van der Waals surface area contributed by atoms with Crippen molar-refractivity contribution in [2.24, 2.45) is 0 Å². The quantitative estimate of drug-likeness (QED) is 0.753. The van der Waals surface area contributed by atoms with Crippen LogP contribution in [0.25, 0.3) is 0 Å². The molecule has 1 heterocycles. The number of nitrogens with zero attached hydrogens (tertiary/aromatic N) is 2. The van der Waals surface area contributed by atoms with E-state index in [-0.39, 0.29) is 0 Å². The van der Waals surface area contributed by atoms with Crippen molar-refractivity contribution in [1.29, 1.82) is 0 Å². The monoisotopic (exact) mass is 235 g/mol. The summed E-state index contributed by atoms with van der Waals surface area (Å²) in [5.74, 6) is 0.619. The Balaban J connectivity index is 2.51. The Morgan fingerprint density at radius 2 is 1.82 bits per heavy atom. The van der Waals surface area contributed by atoms with Crippen molar-refractivity contribution < 1.29 is 0 Å². The van der Waals surface area contributed by atoms with Gasteiger partial charge in [0.1, 0.15) is 5.82 Å². The second-order valence-corrected chi connectivity index (χ2v) is 4.57. The second kappa shape index (κ2) is 8.07. The molecule has 1 aromatic rings. The van der Waals surface area contributed by atoms with E-state index in [2.05, 4.69) is 29.8 Å². The van der Waals surface area contributed by atoms with Gasteiger partial charge in [0.15, 0.2) is 0 Å². The summed E-state index contributed by atoms with van der Waals surface area (Å²) in [5, 5.41) is 0. The van der Waals surface area contributed by atoms with Crippen LogP contribution in [0.4, 0.5) is 5.82 Å². The van der Waals surface area contributed by atoms with Gasteiger partial charge in [-0.2, -0.15) is 0 Å². The number of pyridine rings is 1. The van der Waals surface area contributed by atoms with E-state index in [1.807, 2.05) is 6.07 Å². The van der Waals surface area contributed by atoms with Gasteiger partial charge in [0.05, 0.1) is 0 Å². The molecule has 0 saturated carbocycles. The van der Waals surface area contributed by atoms with Crippen molar-refractivity contribution in [2.75, 3.05) is 18.8 Å². The highest BCUT2D eigenvalue weighted by Gasteiger charge is 2.05. The number of nitrogens with two attached hydrogens (primary N) is 1. The minimum atomic E-state index is 0.619. The zero-order valence-corrected chi connectivity index (χ0v) is 11.2. The highest BCUT2D eigenvalue weighted by molar-refractivity contribution is 5.31. The summed E-state index contributed by atoms with van der Waals surface area (Å²) in [4.78, 5) is 6.55. The predicted molar refractivity (Wildman–Crippen MR) is 73.7 cm³/mol. The minimum absolute atomic E-state index is 0.619. The number of aromatic nitrogens is 1. The zero-order chi connectivity index (χ0) is 12.5. The molecule has 0 aliphatic carbocycles. The van der Waals surface area contributed by atoms with Crippen LogP contribution in [0.5, 0.6) is 0 Å². The zero-order valence-electron chi connectivity index (χ0n) is 11.2. The van der Waals surface area contributed by atoms with Gasteiger partial charge in [-0.25, -0.2) is 4.98 Å². The predicted octanol–water partition coefficient (Wildman–Crippen LogP) is 3.07. The Kier molecular flexibility index (Phi) is 6.63. The van der Waals surface area contributed by atoms with Crippen LogP contribution in [-0.4, -0.2) is 23.0 Å². The Labute approximate surface area is 105 Å². The van der Waals surface area contributed by atoms with Gasteiger partial charge in [0.25, 0.3) is 0 Å². The lowest BCUT2D eigenvalue weighted by Crippen LogP contribution is -2.25. The van der Waals surface area contributed by atoms with E-state index in [0.717, 1.165) is 6.54 Å². The van der Waals surface area contributed by atoms with E-state index in [1.54, 1.807) is 6.20 Å². The number of rotatable bonds is 8. The highest BCUT2D eigenvalue weighted by Crippen LogP contribution is 2.09. The molecule has 3 heteroatoms. The first-order valence-corrected chi connectivity index (χ1v) is 6.69. The Morgan fingerprint density at radius 3 is 2.35 bits per heavy atom. The van der Waals surface area contributed by atoms with Crippen molar-refractivity contribution in [3.05, 3.63) is 23.9 Å². The average molecular weight is 235 g/mol. The fourth-order valence-electron chi connectivity index (χ4n) is 1.88. The molecule has 0 unspecified atom stereocenters. The van der Waals surface area contributed by atoms with E-state index >= 15 is 0 Å². The maximum absolute atomic E-state index is 5.70. The summed E-state index contributed by atoms with van der Waals surface area (Å²) >= 11 is 0. The molecule has 17 heavy (non-hydrogen) atoms. The lowest BCUT2D eigenvalue weighted by Gasteiger charge is -2.22. The lowest BCUT2D eigenvalue weighted by molar-refractivity contribution is 0.257. The summed E-state index contributed by atoms with van der Waals surface area (Å²) in [6, 6.07) is 4.03. The van der Waals surface area contributed by atoms with Gasteiger partial charge in [0.2, 0.25) is 0 Å². The second-order valence-electron chi connectivity index (χ2n) is 4.57. The molecule has 0 bridgehead atoms. The fourth-order valence-corrected chi connectivity index (χ4v) is 1.88. The largest absolute Gasteiger partial charge is 0.384 e. The molecule has 96 valence electrons. The highest BCUT2D eigenvalue weighted by atomic mass is 15.1. The standard InChI is InChI=1S/C14H25N3/c1-3-5-9-17(10-6-4-2)12-13-7-8-16-14(15)11-13/h7-8,11H,3-6,9-10,12H2,1-2H3,(H2,15,16). The first-order valence-electron chi connectivity index (χ1n) is 6.69. The minimum Gasteiger partial charge on any atom is -0.384 e. The molecule has 0 aliphatic rings. The molecule has 0 amide bonds. The number of hydrogen-bond acceptors (Lipinski definition) is 3. The summed E-state index contributed by atoms with van der Waals surface area (Å²) < 4.78 is 0. The van der Waals surface area contributed by atoms with E-state index in [0.29, 0.717) is 5.82 Å². The SMILES string of the molecule is CCCCN(CCCC)Cc1ccnc(N)c1. The summed E-state index contributed by atoms with van der Waals surface area (Å²) in [7, 11) is 0. The molecule has 0 atom stereocenters. The number of nitrogen functional groups attached to an aromatic ring is 1. The molecule has 0 saturated heterocycles. The van der Waals surface area contributed by atoms with Crippen LogP contribution in [0.3, 0.4) is 0 Å². The van der Waals surface area contributed by atoms with Gasteiger partial charge >= 0.3 is 0 Å². The third-order valence-corrected chi connectivity index (χ3v) is 2.91. The van der Waals surface area contributed by atoms with Gasteiger partial charge in [-0.15, -0.1) is 0 Å². The molecule has 2 N–H and O–H groups in total. The fraction of sp³-hybridized carbons (Fsp3) is 0.643. The maximum atomic E-state index is 5.70. The lowest BCUT2D eigenvalue weighted by atomic mass is 10.2. The molecule has 0 aromatic carbocycles. The smallest absolute Gasteiger partial charge is 0.123 e. The molecule has 1 aromatic heterocycles. The van der Waals surface area contributed by atoms with Crippen LogP contribution in [-0.2, 0) is 6.54 Å². The molecule has 0 aliphatic heterocycles. The van der Waals surface area contributed by atoms with Crippen molar-refractivity contribution >= 4 is 5.82 Å². The normalized spacial score (nSPS) is 11.0. The Hall–Kier alpha value is -1.09. The molecule has 0 fully saturated rings. The topological polar surface area (TPSA) is 42.2 Å². The molecule has 0 spiro atoms. The van der Waals surface area contributed by atoms with Crippen LogP contribution in [0.1, 0.15) is 45.1 Å². The first-order chi connectivity index (χ1) is 8.26. The Morgan fingerprint density at radius 1 is 1.18 bits per heavy atom. The number of anilines is 1. The number of hydrogen-bond donors (Lipinski definition) is 1. The third kappa shape index (κ3) is 5.68. The van der Waals surface area contributed by atoms with Crippen LogP contribution >= 0.6 is 0 Å². The molecule has 0 radical (unpaired) electrons. The average Bonchev–Trinajstić information content (AvgIpc) is 2.32. The van der Waals surface area contributed by atoms with Crippen molar-refractivity contribution in [3.8, 4) is 0 Å². The van der Waals surface area contributed by atoms with E-state index < -0.39 is 0 Å². The Bertz CT molecular complexity index is 304. The van der Waals surface area contributed by atoms with Crippen molar-refractivity contribution in [2.45, 2.75) is 46.1 Å². The van der Waals surface area contributed by atoms with Gasteiger partial charge in [0, 0.05) is 12.7 Å². The van der Waals surface area contributed by atoms with Gasteiger partial charge in [-0.1, -0.05) is 26.7 Å². The van der Waals surface area contributed by atoms with Crippen LogP contribution in [0, 0.1) is 0 Å². The molecular formula is C14H25N3. The van der Waals surface area contributed by atoms with Crippen molar-refractivity contribution in [1.82, 2.24) is 9.88 Å². The number of unbranched alkanes of at least 4 members (excludes halogenated alkanes) is 2. The van der Waals surface area contributed by atoms with Crippen LogP contribution < -0.4 is 5.73 Å². The van der Waals surface area contributed by atoms with Gasteiger partial charge < -0.3 is 5.73 Å².